The van der Waals surface area contributed by atoms with Gasteiger partial charge < -0.3 is 19.3 Å². The van der Waals surface area contributed by atoms with Gasteiger partial charge in [-0.3, -0.25) is 0 Å². The van der Waals surface area contributed by atoms with Crippen molar-refractivity contribution in [2.75, 3.05) is 38.2 Å². The molecule has 2 aliphatic rings. The highest BCUT2D eigenvalue weighted by Crippen LogP contribution is 2.43. The van der Waals surface area contributed by atoms with E-state index in [4.69, 9.17) is 21.1 Å². The molecule has 0 saturated carbocycles. The summed E-state index contributed by atoms with van der Waals surface area (Å²) in [5, 5.41) is 0.942. The third-order valence-electron chi connectivity index (χ3n) is 5.92. The van der Waals surface area contributed by atoms with Crippen LogP contribution in [0.1, 0.15) is 39.7 Å². The molecule has 4 rings (SSSR count). The van der Waals surface area contributed by atoms with Gasteiger partial charge in [0.25, 0.3) is 0 Å². The number of halogens is 2. The molecule has 2 saturated heterocycles. The molecule has 7 nitrogen and oxygen atoms in total. The van der Waals surface area contributed by atoms with Gasteiger partial charge in [-0.2, -0.15) is 9.97 Å². The lowest BCUT2D eigenvalue weighted by atomic mass is 9.79. The number of methoxy groups -OCH3 is 1. The van der Waals surface area contributed by atoms with E-state index in [1.807, 2.05) is 27.7 Å². The van der Waals surface area contributed by atoms with Crippen molar-refractivity contribution in [1.82, 2.24) is 14.9 Å². The summed E-state index contributed by atoms with van der Waals surface area (Å²) in [6.45, 7) is 10.1. The Labute approximate surface area is 186 Å². The number of ether oxygens (including phenoxy) is 2. The lowest BCUT2D eigenvalue weighted by Crippen LogP contribution is -2.60. The van der Waals surface area contributed by atoms with Gasteiger partial charge >= 0.3 is 12.1 Å². The van der Waals surface area contributed by atoms with Crippen molar-refractivity contribution in [3.8, 4) is 6.01 Å². The molecule has 168 valence electrons. The van der Waals surface area contributed by atoms with Crippen LogP contribution >= 0.6 is 11.6 Å². The Morgan fingerprint density at radius 3 is 2.61 bits per heavy atom. The molecule has 0 N–H and O–H groups in total. The molecular formula is C22H28ClFN4O3. The quantitative estimate of drug-likeness (QED) is 0.688. The van der Waals surface area contributed by atoms with Crippen LogP contribution < -0.4 is 9.64 Å². The molecular weight excluding hydrogens is 423 g/mol. The third-order valence-corrected chi connectivity index (χ3v) is 6.25. The Balaban J connectivity index is 1.60. The van der Waals surface area contributed by atoms with Crippen molar-refractivity contribution in [3.63, 3.8) is 0 Å². The average Bonchev–Trinajstić information content (AvgIpc) is 3.11. The molecule has 2 aliphatic heterocycles. The number of nitrogens with zero attached hydrogens (tertiary/aromatic N) is 4. The molecule has 3 heterocycles. The van der Waals surface area contributed by atoms with Crippen LogP contribution in [0.5, 0.6) is 6.01 Å². The van der Waals surface area contributed by atoms with Crippen molar-refractivity contribution >= 4 is 34.4 Å². The van der Waals surface area contributed by atoms with Crippen molar-refractivity contribution < 1.29 is 18.7 Å². The minimum Gasteiger partial charge on any atom is -0.467 e. The molecule has 9 heteroatoms. The van der Waals surface area contributed by atoms with Crippen molar-refractivity contribution in [2.24, 2.45) is 5.41 Å². The van der Waals surface area contributed by atoms with Crippen LogP contribution in [0, 0.1) is 11.2 Å². The zero-order chi connectivity index (χ0) is 22.6. The maximum atomic E-state index is 15.1. The molecule has 1 amide bonds. The maximum absolute atomic E-state index is 15.1. The molecule has 0 radical (unpaired) electrons. The molecule has 0 unspecified atom stereocenters. The number of aromatic nitrogens is 2. The Bertz CT molecular complexity index is 1030. The molecule has 1 aromatic carbocycles. The van der Waals surface area contributed by atoms with Crippen LogP contribution in [-0.2, 0) is 11.2 Å². The maximum Gasteiger partial charge on any atom is 0.410 e. The van der Waals surface area contributed by atoms with E-state index in [1.165, 1.54) is 7.11 Å². The van der Waals surface area contributed by atoms with Gasteiger partial charge in [0, 0.05) is 47.6 Å². The summed E-state index contributed by atoms with van der Waals surface area (Å²) in [6, 6.07) is 1.86. The molecule has 1 spiro atoms. The minimum atomic E-state index is -0.515. The zero-order valence-electron chi connectivity index (χ0n) is 18.6. The Hall–Kier alpha value is -2.35. The normalized spacial score (nSPS) is 17.9. The van der Waals surface area contributed by atoms with E-state index >= 15 is 4.39 Å². The summed E-state index contributed by atoms with van der Waals surface area (Å²) >= 11 is 6.36. The Morgan fingerprint density at radius 1 is 1.29 bits per heavy atom. The van der Waals surface area contributed by atoms with Crippen molar-refractivity contribution in [3.05, 3.63) is 22.5 Å². The SMILES string of the molecule is CCc1c(Cl)cc2c(N3CCC4(CN(C(=O)OC(C)(C)C)C4)C3)nc(OC)nc2c1F. The van der Waals surface area contributed by atoms with E-state index in [1.54, 1.807) is 11.0 Å². The summed E-state index contributed by atoms with van der Waals surface area (Å²) in [4.78, 5) is 24.9. The summed E-state index contributed by atoms with van der Waals surface area (Å²) in [6.07, 6.45) is 1.09. The van der Waals surface area contributed by atoms with E-state index in [2.05, 4.69) is 14.9 Å². The van der Waals surface area contributed by atoms with Gasteiger partial charge in [0.05, 0.1) is 7.11 Å². The lowest BCUT2D eigenvalue weighted by Gasteiger charge is -2.47. The van der Waals surface area contributed by atoms with Crippen LogP contribution in [-0.4, -0.2) is 59.9 Å². The van der Waals surface area contributed by atoms with Crippen molar-refractivity contribution in [1.29, 1.82) is 0 Å². The summed E-state index contributed by atoms with van der Waals surface area (Å²) in [7, 11) is 1.47. The number of hydrogen-bond donors (Lipinski definition) is 0. The third kappa shape index (κ3) is 3.97. The van der Waals surface area contributed by atoms with Gasteiger partial charge in [-0.05, 0) is 39.7 Å². The highest BCUT2D eigenvalue weighted by atomic mass is 35.5. The molecule has 0 aliphatic carbocycles. The van der Waals surface area contributed by atoms with Gasteiger partial charge in [-0.25, -0.2) is 9.18 Å². The fourth-order valence-corrected chi connectivity index (χ4v) is 4.77. The second-order valence-electron chi connectivity index (χ2n) is 9.44. The largest absolute Gasteiger partial charge is 0.467 e. The van der Waals surface area contributed by atoms with Gasteiger partial charge in [-0.1, -0.05) is 18.5 Å². The van der Waals surface area contributed by atoms with Crippen LogP contribution in [0.4, 0.5) is 15.0 Å². The standard InChI is InChI=1S/C22H28ClFN4O3/c1-6-13-15(23)9-14-17(16(13)24)25-19(30-5)26-18(14)27-8-7-22(10-27)11-28(12-22)20(29)31-21(2,3)4/h9H,6-8,10-12H2,1-5H3. The molecule has 2 fully saturated rings. The van der Waals surface area contributed by atoms with E-state index in [0.717, 1.165) is 13.0 Å². The van der Waals surface area contributed by atoms with Crippen LogP contribution in [0.2, 0.25) is 5.02 Å². The first kappa shape index (κ1) is 21.9. The number of carbonyl (C=O) groups is 1. The number of carbonyl (C=O) groups excluding carboxylic acids is 1. The van der Waals surface area contributed by atoms with E-state index < -0.39 is 11.4 Å². The van der Waals surface area contributed by atoms with Gasteiger partial charge in [-0.15, -0.1) is 0 Å². The first-order valence-corrected chi connectivity index (χ1v) is 10.9. The first-order valence-electron chi connectivity index (χ1n) is 10.5. The number of hydrogen-bond acceptors (Lipinski definition) is 6. The second kappa shape index (κ2) is 7.65. The average molecular weight is 451 g/mol. The monoisotopic (exact) mass is 450 g/mol. The predicted molar refractivity (Wildman–Crippen MR) is 118 cm³/mol. The number of likely N-dealkylation sites (tertiary alicyclic amines) is 1. The number of rotatable bonds is 3. The Morgan fingerprint density at radius 2 is 2.00 bits per heavy atom. The summed E-state index contributed by atoms with van der Waals surface area (Å²) in [5.74, 6) is 0.179. The molecule has 31 heavy (non-hydrogen) atoms. The van der Waals surface area contributed by atoms with Crippen LogP contribution in [0.3, 0.4) is 0 Å². The van der Waals surface area contributed by atoms with E-state index in [9.17, 15) is 4.79 Å². The van der Waals surface area contributed by atoms with Gasteiger partial charge in [0.1, 0.15) is 16.9 Å². The number of anilines is 1. The smallest absolute Gasteiger partial charge is 0.410 e. The lowest BCUT2D eigenvalue weighted by molar-refractivity contribution is -0.0266. The van der Waals surface area contributed by atoms with Gasteiger partial charge in [0.2, 0.25) is 0 Å². The number of fused-ring (bicyclic) bond motifs is 1. The summed E-state index contributed by atoms with van der Waals surface area (Å²) in [5.41, 5.74) is 0.116. The minimum absolute atomic E-state index is 0.0207. The fourth-order valence-electron chi connectivity index (χ4n) is 4.45. The van der Waals surface area contributed by atoms with Crippen LogP contribution in [0.15, 0.2) is 6.07 Å². The molecule has 1 aromatic heterocycles. The summed E-state index contributed by atoms with van der Waals surface area (Å²) < 4.78 is 25.8. The fraction of sp³-hybridized carbons (Fsp3) is 0.591. The van der Waals surface area contributed by atoms with E-state index in [-0.39, 0.29) is 23.0 Å². The number of amides is 1. The molecule has 2 aromatic rings. The predicted octanol–water partition coefficient (Wildman–Crippen LogP) is 4.44. The molecule has 0 bridgehead atoms. The van der Waals surface area contributed by atoms with Gasteiger partial charge in [0.15, 0.2) is 5.82 Å². The second-order valence-corrected chi connectivity index (χ2v) is 9.85. The highest BCUT2D eigenvalue weighted by Gasteiger charge is 2.50. The molecule has 0 atom stereocenters. The zero-order valence-corrected chi connectivity index (χ0v) is 19.3. The van der Waals surface area contributed by atoms with Crippen molar-refractivity contribution in [2.45, 2.75) is 46.1 Å². The highest BCUT2D eigenvalue weighted by molar-refractivity contribution is 6.32. The topological polar surface area (TPSA) is 67.8 Å². The first-order chi connectivity index (χ1) is 14.6. The van der Waals surface area contributed by atoms with E-state index in [0.29, 0.717) is 47.8 Å². The van der Waals surface area contributed by atoms with Crippen LogP contribution in [0.25, 0.3) is 10.9 Å². The number of benzene rings is 1. The Kier molecular flexibility index (Phi) is 5.40.